The summed E-state index contributed by atoms with van der Waals surface area (Å²) >= 11 is 0. The largest absolute Gasteiger partial charge is 0.483 e. The highest BCUT2D eigenvalue weighted by Gasteiger charge is 2.17. The molecule has 3 aromatic rings. The van der Waals surface area contributed by atoms with Crippen LogP contribution in [0.5, 0.6) is 5.75 Å². The van der Waals surface area contributed by atoms with Gasteiger partial charge in [0.25, 0.3) is 0 Å². The maximum absolute atomic E-state index is 14.6. The SMILES string of the molecule is C=Cc1ccc(COc2c(F)ccc(-c3ccccn3)c2F)cc1. The fourth-order valence-corrected chi connectivity index (χ4v) is 2.29. The molecule has 2 aromatic carbocycles. The van der Waals surface area contributed by atoms with Crippen molar-refractivity contribution in [2.45, 2.75) is 6.61 Å². The standard InChI is InChI=1S/C20H15F2NO/c1-2-14-6-8-15(9-7-14)13-24-20-17(21)11-10-16(19(20)22)18-5-3-4-12-23-18/h2-12H,1,13H2. The van der Waals surface area contributed by atoms with E-state index in [1.165, 1.54) is 12.1 Å². The zero-order chi connectivity index (χ0) is 16.9. The molecule has 0 bridgehead atoms. The monoisotopic (exact) mass is 323 g/mol. The highest BCUT2D eigenvalue weighted by atomic mass is 19.1. The first kappa shape index (κ1) is 15.9. The first-order chi connectivity index (χ1) is 11.7. The minimum atomic E-state index is -0.753. The van der Waals surface area contributed by atoms with Crippen molar-refractivity contribution in [2.75, 3.05) is 0 Å². The number of pyridine rings is 1. The van der Waals surface area contributed by atoms with Crippen molar-refractivity contribution in [3.8, 4) is 17.0 Å². The van der Waals surface area contributed by atoms with Gasteiger partial charge in [0.1, 0.15) is 6.61 Å². The van der Waals surface area contributed by atoms with Crippen molar-refractivity contribution in [2.24, 2.45) is 0 Å². The summed E-state index contributed by atoms with van der Waals surface area (Å²) in [7, 11) is 0. The predicted octanol–water partition coefficient (Wildman–Crippen LogP) is 5.25. The predicted molar refractivity (Wildman–Crippen MR) is 90.5 cm³/mol. The number of hydrogen-bond donors (Lipinski definition) is 0. The van der Waals surface area contributed by atoms with Crippen LogP contribution >= 0.6 is 0 Å². The first-order valence-corrected chi connectivity index (χ1v) is 7.42. The number of benzene rings is 2. The van der Waals surface area contributed by atoms with Gasteiger partial charge in [0.2, 0.25) is 0 Å². The van der Waals surface area contributed by atoms with Crippen LogP contribution in [0, 0.1) is 11.6 Å². The van der Waals surface area contributed by atoms with E-state index in [1.54, 1.807) is 30.5 Å². The molecule has 120 valence electrons. The summed E-state index contributed by atoms with van der Waals surface area (Å²) in [5.41, 5.74) is 2.40. The quantitative estimate of drug-likeness (QED) is 0.640. The number of hydrogen-bond acceptors (Lipinski definition) is 2. The summed E-state index contributed by atoms with van der Waals surface area (Å²) in [6.45, 7) is 3.75. The van der Waals surface area contributed by atoms with E-state index in [1.807, 2.05) is 24.3 Å². The van der Waals surface area contributed by atoms with Crippen molar-refractivity contribution in [1.82, 2.24) is 4.98 Å². The molecule has 1 aromatic heterocycles. The summed E-state index contributed by atoms with van der Waals surface area (Å²) in [5, 5.41) is 0. The molecule has 0 aliphatic carbocycles. The maximum atomic E-state index is 14.6. The topological polar surface area (TPSA) is 22.1 Å². The van der Waals surface area contributed by atoms with Crippen LogP contribution in [-0.4, -0.2) is 4.98 Å². The van der Waals surface area contributed by atoms with Crippen LogP contribution in [0.15, 0.2) is 67.4 Å². The molecule has 0 fully saturated rings. The zero-order valence-electron chi connectivity index (χ0n) is 12.9. The Labute approximate surface area is 139 Å². The van der Waals surface area contributed by atoms with E-state index in [9.17, 15) is 8.78 Å². The van der Waals surface area contributed by atoms with Crippen LogP contribution in [0.3, 0.4) is 0 Å². The molecule has 24 heavy (non-hydrogen) atoms. The minimum Gasteiger partial charge on any atom is -0.483 e. The Balaban J connectivity index is 1.86. The van der Waals surface area contributed by atoms with Gasteiger partial charge in [-0.25, -0.2) is 8.78 Å². The van der Waals surface area contributed by atoms with E-state index < -0.39 is 17.4 Å². The van der Waals surface area contributed by atoms with Gasteiger partial charge >= 0.3 is 0 Å². The van der Waals surface area contributed by atoms with Crippen LogP contribution in [-0.2, 0) is 6.61 Å². The molecule has 1 heterocycles. The molecule has 0 atom stereocenters. The van der Waals surface area contributed by atoms with Gasteiger partial charge in [0.05, 0.1) is 5.69 Å². The van der Waals surface area contributed by atoms with E-state index >= 15 is 0 Å². The molecule has 4 heteroatoms. The van der Waals surface area contributed by atoms with Crippen molar-refractivity contribution in [3.05, 3.63) is 90.1 Å². The van der Waals surface area contributed by atoms with Crippen molar-refractivity contribution in [3.63, 3.8) is 0 Å². The van der Waals surface area contributed by atoms with Crippen LogP contribution in [0.1, 0.15) is 11.1 Å². The number of nitrogens with zero attached hydrogens (tertiary/aromatic N) is 1. The van der Waals surface area contributed by atoms with Gasteiger partial charge in [-0.3, -0.25) is 4.98 Å². The smallest absolute Gasteiger partial charge is 0.191 e. The van der Waals surface area contributed by atoms with E-state index in [2.05, 4.69) is 11.6 Å². The highest BCUT2D eigenvalue weighted by Crippen LogP contribution is 2.31. The second-order valence-corrected chi connectivity index (χ2v) is 5.19. The van der Waals surface area contributed by atoms with Gasteiger partial charge in [-0.15, -0.1) is 0 Å². The van der Waals surface area contributed by atoms with E-state index in [-0.39, 0.29) is 12.2 Å². The Kier molecular flexibility index (Phi) is 4.66. The number of aromatic nitrogens is 1. The van der Waals surface area contributed by atoms with E-state index in [0.717, 1.165) is 11.1 Å². The van der Waals surface area contributed by atoms with Crippen LogP contribution < -0.4 is 4.74 Å². The average Bonchev–Trinajstić information content (AvgIpc) is 2.63. The minimum absolute atomic E-state index is 0.0664. The first-order valence-electron chi connectivity index (χ1n) is 7.42. The van der Waals surface area contributed by atoms with Gasteiger partial charge in [0.15, 0.2) is 17.4 Å². The molecule has 3 rings (SSSR count). The molecular weight excluding hydrogens is 308 g/mol. The maximum Gasteiger partial charge on any atom is 0.191 e. The van der Waals surface area contributed by atoms with Gasteiger partial charge in [0, 0.05) is 11.8 Å². The van der Waals surface area contributed by atoms with Crippen molar-refractivity contribution < 1.29 is 13.5 Å². The Bertz CT molecular complexity index is 846. The normalized spacial score (nSPS) is 10.4. The van der Waals surface area contributed by atoms with E-state index in [0.29, 0.717) is 5.69 Å². The number of ether oxygens (including phenoxy) is 1. The summed E-state index contributed by atoms with van der Waals surface area (Å²) in [6.07, 6.45) is 3.28. The molecule has 0 saturated carbocycles. The lowest BCUT2D eigenvalue weighted by atomic mass is 10.1. The van der Waals surface area contributed by atoms with Gasteiger partial charge < -0.3 is 4.74 Å². The molecule has 0 spiro atoms. The molecule has 0 aliphatic heterocycles. The molecule has 0 N–H and O–H groups in total. The number of halogens is 2. The fraction of sp³-hybridized carbons (Fsp3) is 0.0500. The summed E-state index contributed by atoms with van der Waals surface area (Å²) in [6, 6.07) is 15.1. The lowest BCUT2D eigenvalue weighted by Gasteiger charge is -2.11. The second kappa shape index (κ2) is 7.04. The average molecular weight is 323 g/mol. The molecule has 2 nitrogen and oxygen atoms in total. The lowest BCUT2D eigenvalue weighted by molar-refractivity contribution is 0.274. The highest BCUT2D eigenvalue weighted by molar-refractivity contribution is 5.62. The van der Waals surface area contributed by atoms with Crippen LogP contribution in [0.4, 0.5) is 8.78 Å². The third-order valence-electron chi connectivity index (χ3n) is 3.59. The van der Waals surface area contributed by atoms with E-state index in [4.69, 9.17) is 4.74 Å². The molecular formula is C20H15F2NO. The third-order valence-corrected chi connectivity index (χ3v) is 3.59. The molecule has 0 amide bonds. The third kappa shape index (κ3) is 3.33. The summed E-state index contributed by atoms with van der Waals surface area (Å²) in [5.74, 6) is -1.89. The Hall–Kier alpha value is -3.01. The molecule has 0 saturated heterocycles. The number of rotatable bonds is 5. The lowest BCUT2D eigenvalue weighted by Crippen LogP contribution is -2.01. The second-order valence-electron chi connectivity index (χ2n) is 5.19. The van der Waals surface area contributed by atoms with Crippen molar-refractivity contribution >= 4 is 6.08 Å². The molecule has 0 radical (unpaired) electrons. The Morgan fingerprint density at radius 3 is 2.46 bits per heavy atom. The Morgan fingerprint density at radius 1 is 1.00 bits per heavy atom. The van der Waals surface area contributed by atoms with Gasteiger partial charge in [-0.05, 0) is 35.4 Å². The molecule has 0 aliphatic rings. The summed E-state index contributed by atoms with van der Waals surface area (Å²) < 4.78 is 34.0. The Morgan fingerprint density at radius 2 is 1.79 bits per heavy atom. The fourth-order valence-electron chi connectivity index (χ4n) is 2.29. The molecule has 0 unspecified atom stereocenters. The summed E-state index contributed by atoms with van der Waals surface area (Å²) in [4.78, 5) is 4.09. The van der Waals surface area contributed by atoms with Gasteiger partial charge in [-0.1, -0.05) is 43.0 Å². The zero-order valence-corrected chi connectivity index (χ0v) is 12.9. The van der Waals surface area contributed by atoms with Gasteiger partial charge in [-0.2, -0.15) is 0 Å². The van der Waals surface area contributed by atoms with Crippen LogP contribution in [0.25, 0.3) is 17.3 Å². The van der Waals surface area contributed by atoms with Crippen LogP contribution in [0.2, 0.25) is 0 Å². The van der Waals surface area contributed by atoms with Crippen molar-refractivity contribution in [1.29, 1.82) is 0 Å².